The van der Waals surface area contributed by atoms with Crippen LogP contribution in [0.4, 0.5) is 10.5 Å². The summed E-state index contributed by atoms with van der Waals surface area (Å²) in [6, 6.07) is 9.11. The Hall–Kier alpha value is -1.88. The van der Waals surface area contributed by atoms with Crippen LogP contribution >= 0.6 is 11.3 Å². The van der Waals surface area contributed by atoms with Crippen molar-refractivity contribution in [3.05, 3.63) is 46.4 Å². The monoisotopic (exact) mass is 247 g/mol. The molecule has 5 heteroatoms. The summed E-state index contributed by atoms with van der Waals surface area (Å²) in [6.07, 6.45) is 0. The van der Waals surface area contributed by atoms with Crippen molar-refractivity contribution < 1.29 is 4.79 Å². The molecule has 0 aliphatic rings. The van der Waals surface area contributed by atoms with E-state index in [4.69, 9.17) is 0 Å². The van der Waals surface area contributed by atoms with Gasteiger partial charge in [0.1, 0.15) is 0 Å². The lowest BCUT2D eigenvalue weighted by molar-refractivity contribution is 0.251. The second kappa shape index (κ2) is 5.45. The Labute approximate surface area is 104 Å². The molecule has 0 aliphatic carbocycles. The van der Waals surface area contributed by atoms with Gasteiger partial charge in [0.05, 0.1) is 17.2 Å². The summed E-state index contributed by atoms with van der Waals surface area (Å²) in [5, 5.41) is 8.45. The third-order valence-corrected chi connectivity index (χ3v) is 2.95. The molecule has 0 saturated carbocycles. The fraction of sp³-hybridized carbons (Fsp3) is 0.167. The van der Waals surface area contributed by atoms with Crippen LogP contribution in [0.1, 0.15) is 10.7 Å². The summed E-state index contributed by atoms with van der Waals surface area (Å²) in [7, 11) is 0. The van der Waals surface area contributed by atoms with E-state index in [2.05, 4.69) is 15.6 Å². The summed E-state index contributed by atoms with van der Waals surface area (Å²) < 4.78 is 0. The third-order valence-electron chi connectivity index (χ3n) is 2.13. The van der Waals surface area contributed by atoms with E-state index in [-0.39, 0.29) is 6.03 Å². The number of thiazole rings is 1. The molecule has 0 saturated heterocycles. The Balaban J connectivity index is 1.82. The molecular weight excluding hydrogens is 234 g/mol. The van der Waals surface area contributed by atoms with Gasteiger partial charge >= 0.3 is 6.03 Å². The zero-order chi connectivity index (χ0) is 12.1. The molecule has 1 aromatic carbocycles. The minimum absolute atomic E-state index is 0.221. The maximum atomic E-state index is 11.5. The summed E-state index contributed by atoms with van der Waals surface area (Å²) >= 11 is 1.58. The number of aromatic nitrogens is 1. The van der Waals surface area contributed by atoms with Crippen molar-refractivity contribution in [3.8, 4) is 0 Å². The Bertz CT molecular complexity index is 495. The van der Waals surface area contributed by atoms with E-state index >= 15 is 0 Å². The first kappa shape index (κ1) is 11.6. The minimum atomic E-state index is -0.221. The molecule has 0 bridgehead atoms. The summed E-state index contributed by atoms with van der Waals surface area (Å²) in [5.41, 5.74) is 1.66. The number of para-hydroxylation sites is 1. The molecular formula is C12H13N3OS. The Morgan fingerprint density at radius 3 is 2.76 bits per heavy atom. The van der Waals surface area contributed by atoms with Gasteiger partial charge in [0, 0.05) is 11.1 Å². The van der Waals surface area contributed by atoms with Gasteiger partial charge in [-0.25, -0.2) is 9.78 Å². The van der Waals surface area contributed by atoms with E-state index in [1.165, 1.54) is 0 Å². The molecule has 1 aromatic heterocycles. The van der Waals surface area contributed by atoms with Crippen LogP contribution in [0, 0.1) is 6.92 Å². The number of urea groups is 1. The number of hydrogen-bond acceptors (Lipinski definition) is 3. The van der Waals surface area contributed by atoms with Gasteiger partial charge < -0.3 is 10.6 Å². The van der Waals surface area contributed by atoms with Gasteiger partial charge in [0.2, 0.25) is 0 Å². The largest absolute Gasteiger partial charge is 0.332 e. The average molecular weight is 247 g/mol. The molecule has 88 valence electrons. The number of nitrogens with one attached hydrogen (secondary N) is 2. The second-order valence-corrected chi connectivity index (χ2v) is 4.59. The lowest BCUT2D eigenvalue weighted by atomic mass is 10.3. The number of benzene rings is 1. The van der Waals surface area contributed by atoms with Crippen molar-refractivity contribution in [3.63, 3.8) is 0 Å². The van der Waals surface area contributed by atoms with Crippen LogP contribution in [0.2, 0.25) is 0 Å². The van der Waals surface area contributed by atoms with Gasteiger partial charge in [0.15, 0.2) is 0 Å². The van der Waals surface area contributed by atoms with Gasteiger partial charge in [0.25, 0.3) is 0 Å². The smallest absolute Gasteiger partial charge is 0.319 e. The Morgan fingerprint density at radius 1 is 1.35 bits per heavy atom. The van der Waals surface area contributed by atoms with E-state index in [0.717, 1.165) is 16.4 Å². The number of nitrogens with zero attached hydrogens (tertiary/aromatic N) is 1. The topological polar surface area (TPSA) is 54.0 Å². The van der Waals surface area contributed by atoms with Crippen molar-refractivity contribution in [2.24, 2.45) is 0 Å². The summed E-state index contributed by atoms with van der Waals surface area (Å²) in [6.45, 7) is 2.39. The molecule has 0 fully saturated rings. The predicted molar refractivity (Wildman–Crippen MR) is 69.2 cm³/mol. The number of carbonyl (C=O) groups excluding carboxylic acids is 1. The van der Waals surface area contributed by atoms with Crippen molar-refractivity contribution in [1.82, 2.24) is 10.3 Å². The third kappa shape index (κ3) is 3.57. The predicted octanol–water partition coefficient (Wildman–Crippen LogP) is 2.77. The lowest BCUT2D eigenvalue weighted by Crippen LogP contribution is -2.28. The van der Waals surface area contributed by atoms with E-state index in [9.17, 15) is 4.79 Å². The van der Waals surface area contributed by atoms with Crippen LogP contribution in [-0.4, -0.2) is 11.0 Å². The highest BCUT2D eigenvalue weighted by atomic mass is 32.1. The summed E-state index contributed by atoms with van der Waals surface area (Å²) in [5.74, 6) is 0. The normalized spacial score (nSPS) is 9.94. The first-order valence-electron chi connectivity index (χ1n) is 5.25. The van der Waals surface area contributed by atoms with Crippen LogP contribution in [0.15, 0.2) is 35.7 Å². The quantitative estimate of drug-likeness (QED) is 0.876. The molecule has 0 aliphatic heterocycles. The summed E-state index contributed by atoms with van der Waals surface area (Å²) in [4.78, 5) is 15.8. The zero-order valence-corrected chi connectivity index (χ0v) is 10.3. The van der Waals surface area contributed by atoms with Crippen molar-refractivity contribution >= 4 is 23.1 Å². The van der Waals surface area contributed by atoms with Crippen LogP contribution < -0.4 is 10.6 Å². The molecule has 2 rings (SSSR count). The fourth-order valence-corrected chi connectivity index (χ4v) is 1.97. The lowest BCUT2D eigenvalue weighted by Gasteiger charge is -2.05. The van der Waals surface area contributed by atoms with Crippen LogP contribution in [0.5, 0.6) is 0 Å². The van der Waals surface area contributed by atoms with Crippen molar-refractivity contribution in [2.45, 2.75) is 13.5 Å². The molecule has 0 unspecified atom stereocenters. The molecule has 0 spiro atoms. The molecule has 0 radical (unpaired) electrons. The number of carbonyl (C=O) groups is 1. The highest BCUT2D eigenvalue weighted by molar-refractivity contribution is 7.09. The van der Waals surface area contributed by atoms with Gasteiger partial charge in [-0.05, 0) is 19.1 Å². The van der Waals surface area contributed by atoms with Crippen molar-refractivity contribution in [1.29, 1.82) is 0 Å². The van der Waals surface area contributed by atoms with E-state index in [1.54, 1.807) is 11.3 Å². The van der Waals surface area contributed by atoms with Gasteiger partial charge in [-0.1, -0.05) is 18.2 Å². The van der Waals surface area contributed by atoms with Crippen LogP contribution in [-0.2, 0) is 6.54 Å². The molecule has 4 nitrogen and oxygen atoms in total. The molecule has 1 heterocycles. The Morgan fingerprint density at radius 2 is 2.12 bits per heavy atom. The number of hydrogen-bond donors (Lipinski definition) is 2. The highest BCUT2D eigenvalue weighted by Crippen LogP contribution is 2.08. The average Bonchev–Trinajstić information content (AvgIpc) is 2.74. The first-order valence-corrected chi connectivity index (χ1v) is 6.13. The number of anilines is 1. The van der Waals surface area contributed by atoms with E-state index < -0.39 is 0 Å². The van der Waals surface area contributed by atoms with E-state index in [1.807, 2.05) is 42.6 Å². The molecule has 2 amide bonds. The minimum Gasteiger partial charge on any atom is -0.332 e. The molecule has 0 atom stereocenters. The molecule has 2 N–H and O–H groups in total. The molecule has 2 aromatic rings. The second-order valence-electron chi connectivity index (χ2n) is 3.53. The standard InChI is InChI=1S/C12H13N3OS/c1-9-14-11(8-17-9)7-13-12(16)15-10-5-3-2-4-6-10/h2-6,8H,7H2,1H3,(H2,13,15,16). The maximum absolute atomic E-state index is 11.5. The fourth-order valence-electron chi connectivity index (χ4n) is 1.36. The Kier molecular flexibility index (Phi) is 3.72. The molecule has 17 heavy (non-hydrogen) atoms. The number of amides is 2. The zero-order valence-electron chi connectivity index (χ0n) is 9.43. The van der Waals surface area contributed by atoms with Gasteiger partial charge in [-0.15, -0.1) is 11.3 Å². The van der Waals surface area contributed by atoms with Crippen LogP contribution in [0.25, 0.3) is 0 Å². The number of rotatable bonds is 3. The SMILES string of the molecule is Cc1nc(CNC(=O)Nc2ccccc2)cs1. The number of aryl methyl sites for hydroxylation is 1. The van der Waals surface area contributed by atoms with Gasteiger partial charge in [-0.3, -0.25) is 0 Å². The van der Waals surface area contributed by atoms with Crippen molar-refractivity contribution in [2.75, 3.05) is 5.32 Å². The van der Waals surface area contributed by atoms with E-state index in [0.29, 0.717) is 6.54 Å². The highest BCUT2D eigenvalue weighted by Gasteiger charge is 2.02. The van der Waals surface area contributed by atoms with Crippen LogP contribution in [0.3, 0.4) is 0 Å². The van der Waals surface area contributed by atoms with Gasteiger partial charge in [-0.2, -0.15) is 0 Å². The first-order chi connectivity index (χ1) is 8.24. The maximum Gasteiger partial charge on any atom is 0.319 e.